The van der Waals surface area contributed by atoms with E-state index in [1.165, 1.54) is 7.11 Å². The first kappa shape index (κ1) is 13.9. The summed E-state index contributed by atoms with van der Waals surface area (Å²) in [4.78, 5) is 35.7. The number of urea groups is 1. The van der Waals surface area contributed by atoms with Crippen molar-refractivity contribution in [2.45, 2.75) is 12.6 Å². The van der Waals surface area contributed by atoms with Crippen LogP contribution in [0.3, 0.4) is 0 Å². The molecular weight excluding hydrogens is 264 g/mol. The Morgan fingerprint density at radius 2 is 2.05 bits per heavy atom. The molecule has 0 bridgehead atoms. The Morgan fingerprint density at radius 3 is 2.70 bits per heavy atom. The summed E-state index contributed by atoms with van der Waals surface area (Å²) in [6.07, 6.45) is -0.876. The molecule has 1 aromatic carbocycles. The van der Waals surface area contributed by atoms with Gasteiger partial charge in [0.15, 0.2) is 6.04 Å². The smallest absolute Gasteiger partial charge is 0.419 e. The number of benzene rings is 1. The van der Waals surface area contributed by atoms with Gasteiger partial charge in [-0.2, -0.15) is 0 Å². The number of ether oxygens (including phenoxy) is 2. The van der Waals surface area contributed by atoms with E-state index in [1.54, 1.807) is 12.1 Å². The van der Waals surface area contributed by atoms with E-state index >= 15 is 0 Å². The van der Waals surface area contributed by atoms with Gasteiger partial charge in [-0.15, -0.1) is 0 Å². The molecule has 2 rings (SSSR count). The molecule has 0 radical (unpaired) electrons. The second-order valence-electron chi connectivity index (χ2n) is 4.14. The minimum atomic E-state index is -0.990. The fourth-order valence-electron chi connectivity index (χ4n) is 1.83. The number of methoxy groups -OCH3 is 1. The number of nitrogens with zero attached hydrogens (tertiary/aromatic N) is 1. The van der Waals surface area contributed by atoms with Gasteiger partial charge in [-0.3, -0.25) is 0 Å². The molecule has 1 aliphatic heterocycles. The summed E-state index contributed by atoms with van der Waals surface area (Å²) in [5, 5.41) is 2.40. The fraction of sp³-hybridized carbons (Fsp3) is 0.308. The van der Waals surface area contributed by atoms with Crippen molar-refractivity contribution in [1.29, 1.82) is 0 Å². The average Bonchev–Trinajstić information content (AvgIpc) is 2.87. The van der Waals surface area contributed by atoms with Crippen LogP contribution in [0.25, 0.3) is 0 Å². The van der Waals surface area contributed by atoms with Crippen molar-refractivity contribution in [3.63, 3.8) is 0 Å². The molecule has 1 fully saturated rings. The van der Waals surface area contributed by atoms with Crippen LogP contribution < -0.4 is 5.32 Å². The van der Waals surface area contributed by atoms with Gasteiger partial charge in [0.2, 0.25) is 0 Å². The summed E-state index contributed by atoms with van der Waals surface area (Å²) < 4.78 is 9.57. The first-order valence-corrected chi connectivity index (χ1v) is 5.99. The maximum atomic E-state index is 11.9. The van der Waals surface area contributed by atoms with Crippen LogP contribution in [0.5, 0.6) is 0 Å². The van der Waals surface area contributed by atoms with Gasteiger partial charge in [-0.25, -0.2) is 19.3 Å². The van der Waals surface area contributed by atoms with E-state index in [2.05, 4.69) is 10.1 Å². The van der Waals surface area contributed by atoms with Crippen molar-refractivity contribution >= 4 is 18.1 Å². The Kier molecular flexibility index (Phi) is 4.19. The first-order chi connectivity index (χ1) is 9.63. The van der Waals surface area contributed by atoms with Gasteiger partial charge >= 0.3 is 18.1 Å². The lowest BCUT2D eigenvalue weighted by molar-refractivity contribution is -0.144. The average molecular weight is 278 g/mol. The second-order valence-corrected chi connectivity index (χ2v) is 4.14. The third-order valence-corrected chi connectivity index (χ3v) is 2.85. The van der Waals surface area contributed by atoms with E-state index in [-0.39, 0.29) is 13.2 Å². The summed E-state index contributed by atoms with van der Waals surface area (Å²) in [5.74, 6) is -0.667. The molecule has 0 saturated carbocycles. The highest BCUT2D eigenvalue weighted by molar-refractivity contribution is 5.98. The van der Waals surface area contributed by atoms with Gasteiger partial charge in [-0.1, -0.05) is 30.3 Å². The Morgan fingerprint density at radius 1 is 1.35 bits per heavy atom. The Bertz CT molecular complexity index is 517. The normalized spacial score (nSPS) is 17.6. The molecule has 7 nitrogen and oxygen atoms in total. The van der Waals surface area contributed by atoms with Crippen LogP contribution in [-0.4, -0.2) is 42.7 Å². The molecule has 1 saturated heterocycles. The van der Waals surface area contributed by atoms with E-state index in [9.17, 15) is 14.4 Å². The molecule has 3 amide bonds. The Hall–Kier alpha value is -2.57. The van der Waals surface area contributed by atoms with Crippen LogP contribution in [0.4, 0.5) is 9.59 Å². The van der Waals surface area contributed by atoms with Crippen LogP contribution in [0, 0.1) is 0 Å². The zero-order chi connectivity index (χ0) is 14.5. The van der Waals surface area contributed by atoms with Crippen molar-refractivity contribution in [1.82, 2.24) is 10.2 Å². The second kappa shape index (κ2) is 6.05. The molecule has 20 heavy (non-hydrogen) atoms. The number of amides is 3. The lowest BCUT2D eigenvalue weighted by atomic mass is 10.2. The predicted octanol–water partition coefficient (Wildman–Crippen LogP) is 0.890. The molecule has 0 spiro atoms. The summed E-state index contributed by atoms with van der Waals surface area (Å²) in [7, 11) is 1.19. The molecular formula is C13H14N2O5. The van der Waals surface area contributed by atoms with Crippen molar-refractivity contribution in [2.75, 3.05) is 13.7 Å². The lowest BCUT2D eigenvalue weighted by Crippen LogP contribution is -2.44. The number of carbonyl (C=O) groups excluding carboxylic acids is 3. The maximum Gasteiger partial charge on any atom is 0.419 e. The van der Waals surface area contributed by atoms with Crippen LogP contribution in [-0.2, 0) is 20.9 Å². The molecule has 1 unspecified atom stereocenters. The van der Waals surface area contributed by atoms with Crippen LogP contribution in [0.1, 0.15) is 5.56 Å². The number of carbonyl (C=O) groups is 3. The van der Waals surface area contributed by atoms with Gasteiger partial charge in [-0.05, 0) is 5.56 Å². The molecule has 1 heterocycles. The number of hydrogen-bond acceptors (Lipinski definition) is 5. The van der Waals surface area contributed by atoms with Crippen LogP contribution in [0.2, 0.25) is 0 Å². The first-order valence-electron chi connectivity index (χ1n) is 5.99. The summed E-state index contributed by atoms with van der Waals surface area (Å²) in [5.41, 5.74) is 0.787. The molecule has 0 aliphatic carbocycles. The van der Waals surface area contributed by atoms with Gasteiger partial charge in [0.1, 0.15) is 6.61 Å². The number of imide groups is 1. The molecule has 106 valence electrons. The van der Waals surface area contributed by atoms with Crippen LogP contribution >= 0.6 is 0 Å². The number of rotatable bonds is 3. The number of nitrogens with one attached hydrogen (secondary N) is 1. The van der Waals surface area contributed by atoms with Crippen molar-refractivity contribution in [3.05, 3.63) is 35.9 Å². The Balaban J connectivity index is 2.00. The van der Waals surface area contributed by atoms with Gasteiger partial charge in [0.05, 0.1) is 13.7 Å². The third-order valence-electron chi connectivity index (χ3n) is 2.85. The fourth-order valence-corrected chi connectivity index (χ4v) is 1.83. The molecule has 7 heteroatoms. The molecule has 1 aromatic rings. The van der Waals surface area contributed by atoms with E-state index < -0.39 is 24.1 Å². The minimum absolute atomic E-state index is 0.0198. The maximum absolute atomic E-state index is 11.9. The third kappa shape index (κ3) is 2.87. The monoisotopic (exact) mass is 278 g/mol. The summed E-state index contributed by atoms with van der Waals surface area (Å²) in [6.45, 7) is 0.0449. The van der Waals surface area contributed by atoms with E-state index in [0.29, 0.717) is 0 Å². The van der Waals surface area contributed by atoms with E-state index in [0.717, 1.165) is 10.5 Å². The highest BCUT2D eigenvalue weighted by atomic mass is 16.6. The zero-order valence-electron chi connectivity index (χ0n) is 10.9. The largest absolute Gasteiger partial charge is 0.467 e. The van der Waals surface area contributed by atoms with E-state index in [4.69, 9.17) is 4.74 Å². The summed E-state index contributed by atoms with van der Waals surface area (Å²) >= 11 is 0. The quantitative estimate of drug-likeness (QED) is 0.830. The lowest BCUT2D eigenvalue weighted by Gasteiger charge is -2.18. The molecule has 0 aromatic heterocycles. The molecule has 1 atom stereocenters. The predicted molar refractivity (Wildman–Crippen MR) is 67.7 cm³/mol. The Labute approximate surface area is 115 Å². The van der Waals surface area contributed by atoms with Gasteiger partial charge < -0.3 is 14.8 Å². The molecule has 1 aliphatic rings. The van der Waals surface area contributed by atoms with Gasteiger partial charge in [0, 0.05) is 0 Å². The number of hydrogen-bond donors (Lipinski definition) is 1. The van der Waals surface area contributed by atoms with Crippen LogP contribution in [0.15, 0.2) is 30.3 Å². The van der Waals surface area contributed by atoms with Gasteiger partial charge in [0.25, 0.3) is 0 Å². The highest BCUT2D eigenvalue weighted by Gasteiger charge is 2.42. The zero-order valence-corrected chi connectivity index (χ0v) is 10.9. The minimum Gasteiger partial charge on any atom is -0.467 e. The SMILES string of the molecule is COC(=O)C1CNC(=O)N1C(=O)OCc1ccccc1. The topological polar surface area (TPSA) is 84.9 Å². The van der Waals surface area contributed by atoms with Crippen molar-refractivity contribution < 1.29 is 23.9 Å². The summed E-state index contributed by atoms with van der Waals surface area (Å²) in [6, 6.07) is 7.37. The molecule has 1 N–H and O–H groups in total. The number of esters is 1. The highest BCUT2D eigenvalue weighted by Crippen LogP contribution is 2.12. The standard InChI is InChI=1S/C13H14N2O5/c1-19-11(16)10-7-14-12(17)15(10)13(18)20-8-9-5-3-2-4-6-9/h2-6,10H,7-8H2,1H3,(H,14,17). The van der Waals surface area contributed by atoms with Crippen molar-refractivity contribution in [3.8, 4) is 0 Å². The van der Waals surface area contributed by atoms with E-state index in [1.807, 2.05) is 18.2 Å². The van der Waals surface area contributed by atoms with Crippen molar-refractivity contribution in [2.24, 2.45) is 0 Å².